The van der Waals surface area contributed by atoms with Gasteiger partial charge in [-0.25, -0.2) is 0 Å². The Bertz CT molecular complexity index is 386. The lowest BCUT2D eigenvalue weighted by Crippen LogP contribution is -2.09. The molecule has 1 rings (SSSR count). The third kappa shape index (κ3) is 2.56. The Morgan fingerprint density at radius 1 is 1.33 bits per heavy atom. The first kappa shape index (κ1) is 11.2. The maximum Gasteiger partial charge on any atom is 0.0595 e. The summed E-state index contributed by atoms with van der Waals surface area (Å²) in [7, 11) is 1.80. The van der Waals surface area contributed by atoms with E-state index < -0.39 is 0 Å². The molecule has 0 heterocycles. The summed E-state index contributed by atoms with van der Waals surface area (Å²) in [6, 6.07) is 8.17. The van der Waals surface area contributed by atoms with Gasteiger partial charge in [-0.15, -0.1) is 0 Å². The van der Waals surface area contributed by atoms with Crippen LogP contribution < -0.4 is 5.32 Å². The molecule has 0 saturated heterocycles. The zero-order valence-corrected chi connectivity index (χ0v) is 9.17. The van der Waals surface area contributed by atoms with Crippen molar-refractivity contribution in [3.8, 4) is 0 Å². The predicted octanol–water partition coefficient (Wildman–Crippen LogP) is 2.76. The Kier molecular flexibility index (Phi) is 3.86. The molecule has 0 aliphatic carbocycles. The quantitative estimate of drug-likeness (QED) is 0.569. The molecule has 0 fully saturated rings. The molecule has 2 nitrogen and oxygen atoms in total. The first-order valence-corrected chi connectivity index (χ1v) is 4.85. The minimum Gasteiger partial charge on any atom is -0.386 e. The van der Waals surface area contributed by atoms with Crippen molar-refractivity contribution in [2.75, 3.05) is 7.05 Å². The van der Waals surface area contributed by atoms with Gasteiger partial charge in [0.15, 0.2) is 0 Å². The molecule has 2 N–H and O–H groups in total. The second-order valence-electron chi connectivity index (χ2n) is 3.29. The van der Waals surface area contributed by atoms with Crippen LogP contribution in [0.5, 0.6) is 0 Å². The molecule has 2 heteroatoms. The van der Waals surface area contributed by atoms with E-state index in [2.05, 4.69) is 31.0 Å². The van der Waals surface area contributed by atoms with Crippen LogP contribution in [0.1, 0.15) is 11.1 Å². The van der Waals surface area contributed by atoms with Gasteiger partial charge >= 0.3 is 0 Å². The summed E-state index contributed by atoms with van der Waals surface area (Å²) in [5, 5.41) is 10.3. The van der Waals surface area contributed by atoms with Gasteiger partial charge in [0.25, 0.3) is 0 Å². The van der Waals surface area contributed by atoms with Crippen LogP contribution in [0.25, 0.3) is 5.57 Å². The molecule has 1 aromatic rings. The van der Waals surface area contributed by atoms with Crippen molar-refractivity contribution in [3.05, 3.63) is 53.7 Å². The summed E-state index contributed by atoms with van der Waals surface area (Å²) in [5.74, 6) is 0. The molecular weight excluding hydrogens is 184 g/mol. The lowest BCUT2D eigenvalue weighted by Gasteiger charge is -2.08. The van der Waals surface area contributed by atoms with Crippen molar-refractivity contribution in [1.29, 1.82) is 5.41 Å². The minimum absolute atomic E-state index is 0.772. The molecule has 0 atom stereocenters. The van der Waals surface area contributed by atoms with Crippen molar-refractivity contribution < 1.29 is 0 Å². The largest absolute Gasteiger partial charge is 0.386 e. The molecule has 0 aromatic heterocycles. The van der Waals surface area contributed by atoms with Gasteiger partial charge in [0.1, 0.15) is 0 Å². The molecule has 0 saturated carbocycles. The van der Waals surface area contributed by atoms with E-state index in [0.29, 0.717) is 0 Å². The average molecular weight is 200 g/mol. The number of hydrogen-bond donors (Lipinski definition) is 2. The lowest BCUT2D eigenvalue weighted by atomic mass is 10.0. The lowest BCUT2D eigenvalue weighted by molar-refractivity contribution is 1.06. The Hall–Kier alpha value is -1.83. The van der Waals surface area contributed by atoms with Crippen LogP contribution in [0.2, 0.25) is 0 Å². The van der Waals surface area contributed by atoms with E-state index in [4.69, 9.17) is 5.41 Å². The van der Waals surface area contributed by atoms with E-state index in [1.54, 1.807) is 13.1 Å². The Labute approximate surface area is 90.8 Å². The van der Waals surface area contributed by atoms with Crippen LogP contribution in [0, 0.1) is 12.3 Å². The van der Waals surface area contributed by atoms with Gasteiger partial charge in [0, 0.05) is 18.8 Å². The normalized spacial score (nSPS) is 11.6. The van der Waals surface area contributed by atoms with Gasteiger partial charge in [-0.2, -0.15) is 0 Å². The smallest absolute Gasteiger partial charge is 0.0595 e. The Morgan fingerprint density at radius 2 is 1.93 bits per heavy atom. The highest BCUT2D eigenvalue weighted by molar-refractivity contribution is 5.92. The fourth-order valence-electron chi connectivity index (χ4n) is 1.40. The fourth-order valence-corrected chi connectivity index (χ4v) is 1.40. The highest BCUT2D eigenvalue weighted by Gasteiger charge is 2.02. The van der Waals surface area contributed by atoms with Gasteiger partial charge in [0.05, 0.1) is 5.70 Å². The summed E-state index contributed by atoms with van der Waals surface area (Å²) in [6.07, 6.45) is 3.07. The average Bonchev–Trinajstić information content (AvgIpc) is 2.27. The van der Waals surface area contributed by atoms with Gasteiger partial charge in [-0.1, -0.05) is 42.5 Å². The Morgan fingerprint density at radius 3 is 2.33 bits per heavy atom. The van der Waals surface area contributed by atoms with Crippen molar-refractivity contribution in [2.24, 2.45) is 0 Å². The van der Waals surface area contributed by atoms with Crippen LogP contribution in [-0.4, -0.2) is 13.3 Å². The fraction of sp³-hybridized carbons (Fsp3) is 0.154. The van der Waals surface area contributed by atoms with Crippen molar-refractivity contribution in [2.45, 2.75) is 6.92 Å². The topological polar surface area (TPSA) is 35.9 Å². The maximum atomic E-state index is 7.29. The molecule has 0 spiro atoms. The molecule has 1 aromatic carbocycles. The highest BCUT2D eigenvalue weighted by atomic mass is 14.8. The van der Waals surface area contributed by atoms with Gasteiger partial charge < -0.3 is 10.7 Å². The second-order valence-corrected chi connectivity index (χ2v) is 3.29. The van der Waals surface area contributed by atoms with Crippen LogP contribution in [-0.2, 0) is 0 Å². The monoisotopic (exact) mass is 200 g/mol. The standard InChI is InChI=1S/C13H16N2/c1-4-12(13(9-14)15-3)11-7-5-10(2)6-8-11/h4-9,14-15H,1H2,2-3H3/b13-12+,14-9?. The predicted molar refractivity (Wildman–Crippen MR) is 66.1 cm³/mol. The van der Waals surface area contributed by atoms with E-state index in [1.807, 2.05) is 12.1 Å². The minimum atomic E-state index is 0.772. The van der Waals surface area contributed by atoms with Gasteiger partial charge in [-0.3, -0.25) is 0 Å². The number of aryl methyl sites for hydroxylation is 1. The third-order valence-electron chi connectivity index (χ3n) is 2.27. The first-order chi connectivity index (χ1) is 7.22. The van der Waals surface area contributed by atoms with E-state index >= 15 is 0 Å². The highest BCUT2D eigenvalue weighted by Crippen LogP contribution is 2.18. The van der Waals surface area contributed by atoms with E-state index in [1.165, 1.54) is 11.8 Å². The van der Waals surface area contributed by atoms with Gasteiger partial charge in [0.2, 0.25) is 0 Å². The number of rotatable bonds is 4. The third-order valence-corrected chi connectivity index (χ3v) is 2.27. The molecule has 0 aliphatic rings. The molecule has 0 bridgehead atoms. The summed E-state index contributed by atoms with van der Waals surface area (Å²) < 4.78 is 0. The van der Waals surface area contributed by atoms with Crippen LogP contribution >= 0.6 is 0 Å². The van der Waals surface area contributed by atoms with E-state index in [0.717, 1.165) is 16.8 Å². The van der Waals surface area contributed by atoms with Crippen molar-refractivity contribution in [1.82, 2.24) is 5.32 Å². The molecule has 0 aliphatic heterocycles. The maximum absolute atomic E-state index is 7.29. The SMILES string of the molecule is C=C/C(=C(/C=N)NC)c1ccc(C)cc1. The Balaban J connectivity index is 3.23. The first-order valence-electron chi connectivity index (χ1n) is 4.85. The summed E-state index contributed by atoms with van der Waals surface area (Å²) in [6.45, 7) is 5.83. The molecular formula is C13H16N2. The van der Waals surface area contributed by atoms with Crippen LogP contribution in [0.4, 0.5) is 0 Å². The molecule has 15 heavy (non-hydrogen) atoms. The molecule has 78 valence electrons. The second kappa shape index (κ2) is 5.15. The molecule has 0 amide bonds. The van der Waals surface area contributed by atoms with Crippen molar-refractivity contribution in [3.63, 3.8) is 0 Å². The zero-order valence-electron chi connectivity index (χ0n) is 9.17. The summed E-state index contributed by atoms with van der Waals surface area (Å²) >= 11 is 0. The molecule has 0 radical (unpaired) electrons. The van der Waals surface area contributed by atoms with Gasteiger partial charge in [-0.05, 0) is 12.5 Å². The van der Waals surface area contributed by atoms with E-state index in [-0.39, 0.29) is 0 Å². The van der Waals surface area contributed by atoms with Crippen LogP contribution in [0.15, 0.2) is 42.6 Å². The van der Waals surface area contributed by atoms with E-state index in [9.17, 15) is 0 Å². The summed E-state index contributed by atoms with van der Waals surface area (Å²) in [4.78, 5) is 0. The number of hydrogen-bond acceptors (Lipinski definition) is 2. The number of allylic oxidation sites excluding steroid dienone is 3. The summed E-state index contributed by atoms with van der Waals surface area (Å²) in [5.41, 5.74) is 4.02. The van der Waals surface area contributed by atoms with Crippen LogP contribution in [0.3, 0.4) is 0 Å². The number of nitrogens with one attached hydrogen (secondary N) is 2. The number of benzene rings is 1. The molecule has 0 unspecified atom stereocenters. The van der Waals surface area contributed by atoms with Crippen molar-refractivity contribution >= 4 is 11.8 Å². The zero-order chi connectivity index (χ0) is 11.3.